The maximum Gasteiger partial charge on any atom is 0.410 e. The fraction of sp³-hybridized carbons (Fsp3) is 0.682. The lowest BCUT2D eigenvalue weighted by molar-refractivity contribution is -0.0453. The number of carbonyl (C=O) groups is 2. The summed E-state index contributed by atoms with van der Waals surface area (Å²) in [6.07, 6.45) is -2.16. The van der Waals surface area contributed by atoms with Crippen LogP contribution in [0.1, 0.15) is 53.2 Å². The van der Waals surface area contributed by atoms with Gasteiger partial charge >= 0.3 is 12.2 Å². The number of nitrogens with zero attached hydrogens (tertiary/aromatic N) is 3. The zero-order valence-electron chi connectivity index (χ0n) is 19.9. The molecule has 0 radical (unpaired) electrons. The Hall–Kier alpha value is -1.62. The first-order valence-electron chi connectivity index (χ1n) is 10.7. The summed E-state index contributed by atoms with van der Waals surface area (Å²) in [6, 6.07) is 2.68. The number of morpholine rings is 1. The van der Waals surface area contributed by atoms with Crippen LogP contribution in [0.2, 0.25) is 5.15 Å². The third-order valence-electron chi connectivity index (χ3n) is 4.50. The van der Waals surface area contributed by atoms with Gasteiger partial charge in [-0.1, -0.05) is 11.6 Å². The number of hydrogen-bond acceptors (Lipinski definition) is 7. The van der Waals surface area contributed by atoms with Crippen LogP contribution < -0.4 is 0 Å². The molecule has 2 atom stereocenters. The first-order valence-corrected chi connectivity index (χ1v) is 11.9. The van der Waals surface area contributed by atoms with Crippen molar-refractivity contribution in [2.45, 2.75) is 64.9 Å². The predicted octanol–water partition coefficient (Wildman–Crippen LogP) is 4.40. The molecule has 2 amide bonds. The van der Waals surface area contributed by atoms with Crippen molar-refractivity contribution in [1.29, 1.82) is 0 Å². The van der Waals surface area contributed by atoms with Crippen LogP contribution in [0, 0.1) is 0 Å². The summed E-state index contributed by atoms with van der Waals surface area (Å²) in [6.45, 7) is 11.6. The molecule has 2 unspecified atom stereocenters. The van der Waals surface area contributed by atoms with Gasteiger partial charge in [0, 0.05) is 13.1 Å². The molecule has 1 saturated heterocycles. The second-order valence-electron chi connectivity index (χ2n) is 9.85. The Labute approximate surface area is 208 Å². The van der Waals surface area contributed by atoms with Gasteiger partial charge in [-0.15, -0.1) is 0 Å². The van der Waals surface area contributed by atoms with Crippen molar-refractivity contribution >= 4 is 39.7 Å². The molecule has 0 spiro atoms. The molecule has 1 aromatic heterocycles. The molecular formula is C22H33BrClN3O6. The highest BCUT2D eigenvalue weighted by Crippen LogP contribution is 2.24. The summed E-state index contributed by atoms with van der Waals surface area (Å²) < 4.78 is 17.1. The summed E-state index contributed by atoms with van der Waals surface area (Å²) in [5.41, 5.74) is -0.911. The molecule has 1 aromatic rings. The van der Waals surface area contributed by atoms with Gasteiger partial charge in [-0.05, 0) is 75.2 Å². The molecule has 0 saturated carbocycles. The van der Waals surface area contributed by atoms with Crippen molar-refractivity contribution in [1.82, 2.24) is 14.8 Å². The van der Waals surface area contributed by atoms with Crippen molar-refractivity contribution in [3.63, 3.8) is 0 Å². The summed E-state index contributed by atoms with van der Waals surface area (Å²) in [7, 11) is 0. The Balaban J connectivity index is 2.24. The smallest absolute Gasteiger partial charge is 0.410 e. The number of aromatic nitrogens is 1. The molecule has 2 heterocycles. The van der Waals surface area contributed by atoms with E-state index < -0.39 is 35.5 Å². The van der Waals surface area contributed by atoms with Crippen LogP contribution in [0.3, 0.4) is 0 Å². The minimum Gasteiger partial charge on any atom is -0.444 e. The van der Waals surface area contributed by atoms with E-state index in [0.717, 1.165) is 0 Å². The van der Waals surface area contributed by atoms with Gasteiger partial charge < -0.3 is 24.2 Å². The van der Waals surface area contributed by atoms with Gasteiger partial charge in [0.05, 0.1) is 31.9 Å². The van der Waals surface area contributed by atoms with Gasteiger partial charge in [0.1, 0.15) is 21.0 Å². The van der Waals surface area contributed by atoms with E-state index in [1.807, 2.05) is 0 Å². The van der Waals surface area contributed by atoms with E-state index >= 15 is 0 Å². The van der Waals surface area contributed by atoms with E-state index in [2.05, 4.69) is 20.9 Å². The van der Waals surface area contributed by atoms with Crippen molar-refractivity contribution < 1.29 is 28.9 Å². The van der Waals surface area contributed by atoms with Crippen molar-refractivity contribution in [2.24, 2.45) is 0 Å². The van der Waals surface area contributed by atoms with Gasteiger partial charge in [0.15, 0.2) is 0 Å². The van der Waals surface area contributed by atoms with E-state index in [1.165, 1.54) is 11.0 Å². The van der Waals surface area contributed by atoms with Crippen molar-refractivity contribution in [2.75, 3.05) is 32.8 Å². The highest BCUT2D eigenvalue weighted by atomic mass is 79.9. The number of ether oxygens (including phenoxy) is 3. The maximum absolute atomic E-state index is 13.0. The van der Waals surface area contributed by atoms with Gasteiger partial charge in [-0.2, -0.15) is 0 Å². The Morgan fingerprint density at radius 1 is 1.27 bits per heavy atom. The molecule has 2 rings (SSSR count). The summed E-state index contributed by atoms with van der Waals surface area (Å²) in [5.74, 6) is 0. The van der Waals surface area contributed by atoms with Gasteiger partial charge in [-0.25, -0.2) is 14.6 Å². The lowest BCUT2D eigenvalue weighted by Gasteiger charge is -2.39. The Morgan fingerprint density at radius 3 is 2.48 bits per heavy atom. The summed E-state index contributed by atoms with van der Waals surface area (Å²) in [5, 5.41) is 11.1. The van der Waals surface area contributed by atoms with E-state index in [1.54, 1.807) is 52.5 Å². The van der Waals surface area contributed by atoms with Crippen LogP contribution in [0.5, 0.6) is 0 Å². The topological polar surface area (TPSA) is 101 Å². The first kappa shape index (κ1) is 27.6. The van der Waals surface area contributed by atoms with Crippen LogP contribution >= 0.6 is 27.5 Å². The minimum absolute atomic E-state index is 0.0830. The van der Waals surface area contributed by atoms with Crippen molar-refractivity contribution in [3.8, 4) is 0 Å². The second kappa shape index (κ2) is 11.2. The molecule has 33 heavy (non-hydrogen) atoms. The SMILES string of the molecule is CC(C)(C)OC(=O)N(CC(O)c1cc(Cl)nc(Br)c1)CC1COCCN1C(=O)OC(C)(C)C. The van der Waals surface area contributed by atoms with Crippen LogP contribution in [0.15, 0.2) is 16.7 Å². The third kappa shape index (κ3) is 9.27. The first-order chi connectivity index (χ1) is 15.1. The largest absolute Gasteiger partial charge is 0.444 e. The molecule has 0 aromatic carbocycles. The van der Waals surface area contributed by atoms with E-state index in [0.29, 0.717) is 23.3 Å². The molecule has 186 valence electrons. The Morgan fingerprint density at radius 2 is 1.91 bits per heavy atom. The zero-order chi connectivity index (χ0) is 25.0. The number of carbonyl (C=O) groups excluding carboxylic acids is 2. The lowest BCUT2D eigenvalue weighted by atomic mass is 10.1. The maximum atomic E-state index is 13.0. The molecule has 0 aliphatic carbocycles. The number of hydrogen-bond donors (Lipinski definition) is 1. The number of pyridine rings is 1. The molecule has 11 heteroatoms. The Bertz CT molecular complexity index is 822. The zero-order valence-corrected chi connectivity index (χ0v) is 22.3. The lowest BCUT2D eigenvalue weighted by Crippen LogP contribution is -2.56. The highest BCUT2D eigenvalue weighted by molar-refractivity contribution is 9.10. The molecule has 1 aliphatic rings. The van der Waals surface area contributed by atoms with Crippen LogP contribution in [-0.2, 0) is 14.2 Å². The van der Waals surface area contributed by atoms with Crippen LogP contribution in [-0.4, -0.2) is 82.2 Å². The minimum atomic E-state index is -1.06. The number of aliphatic hydroxyl groups is 1. The normalized spacial score (nSPS) is 18.0. The third-order valence-corrected chi connectivity index (χ3v) is 5.10. The van der Waals surface area contributed by atoms with Crippen LogP contribution in [0.4, 0.5) is 9.59 Å². The second-order valence-corrected chi connectivity index (χ2v) is 11.0. The number of rotatable bonds is 5. The predicted molar refractivity (Wildman–Crippen MR) is 127 cm³/mol. The average Bonchev–Trinajstić information content (AvgIpc) is 2.64. The van der Waals surface area contributed by atoms with Gasteiger partial charge in [0.25, 0.3) is 0 Å². The van der Waals surface area contributed by atoms with E-state index in [-0.39, 0.29) is 24.8 Å². The Kier molecular flexibility index (Phi) is 9.38. The summed E-state index contributed by atoms with van der Waals surface area (Å²) >= 11 is 9.27. The van der Waals surface area contributed by atoms with Gasteiger partial charge in [-0.3, -0.25) is 4.90 Å². The fourth-order valence-corrected chi connectivity index (χ4v) is 3.94. The average molecular weight is 551 g/mol. The number of halogens is 2. The standard InChI is InChI=1S/C22H33BrClN3O6/c1-21(2,3)32-19(29)26(12-16(28)14-9-17(23)25-18(24)10-14)11-15-13-31-8-7-27(15)20(30)33-22(4,5)6/h9-10,15-16,28H,7-8,11-13H2,1-6H3. The van der Waals surface area contributed by atoms with Gasteiger partial charge in [0.2, 0.25) is 0 Å². The number of aliphatic hydroxyl groups excluding tert-OH is 1. The molecular weight excluding hydrogens is 518 g/mol. The molecule has 0 bridgehead atoms. The molecule has 1 fully saturated rings. The summed E-state index contributed by atoms with van der Waals surface area (Å²) in [4.78, 5) is 32.7. The highest BCUT2D eigenvalue weighted by Gasteiger charge is 2.35. The molecule has 1 N–H and O–H groups in total. The van der Waals surface area contributed by atoms with E-state index in [9.17, 15) is 14.7 Å². The quantitative estimate of drug-likeness (QED) is 0.542. The number of amides is 2. The molecule has 1 aliphatic heterocycles. The monoisotopic (exact) mass is 549 g/mol. The van der Waals surface area contributed by atoms with Crippen LogP contribution in [0.25, 0.3) is 0 Å². The van der Waals surface area contributed by atoms with E-state index in [4.69, 9.17) is 25.8 Å². The molecule has 9 nitrogen and oxygen atoms in total. The van der Waals surface area contributed by atoms with Crippen molar-refractivity contribution in [3.05, 3.63) is 27.5 Å². The fourth-order valence-electron chi connectivity index (χ4n) is 3.16.